The van der Waals surface area contributed by atoms with Gasteiger partial charge in [0.15, 0.2) is 5.82 Å². The van der Waals surface area contributed by atoms with Crippen molar-refractivity contribution >= 4 is 17.3 Å². The zero-order chi connectivity index (χ0) is 13.4. The molecule has 2 aromatic heterocycles. The van der Waals surface area contributed by atoms with Crippen molar-refractivity contribution in [3.05, 3.63) is 39.3 Å². The second kappa shape index (κ2) is 4.56. The first-order valence-corrected chi connectivity index (χ1v) is 5.83. The number of rotatable bonds is 3. The molecule has 0 unspecified atom stereocenters. The maximum atomic E-state index is 10.6. The van der Waals surface area contributed by atoms with Crippen LogP contribution in [0.5, 0.6) is 0 Å². The van der Waals surface area contributed by atoms with Gasteiger partial charge in [-0.05, 0) is 0 Å². The van der Waals surface area contributed by atoms with E-state index in [0.717, 1.165) is 11.9 Å². The molecule has 8 nitrogen and oxygen atoms in total. The van der Waals surface area contributed by atoms with Crippen LogP contribution < -0.4 is 0 Å². The van der Waals surface area contributed by atoms with Gasteiger partial charge in [0.05, 0.1) is 41.0 Å². The predicted octanol–water partition coefficient (Wildman–Crippen LogP) is 1.34. The molecule has 1 fully saturated rings. The molecule has 3 rings (SSSR count). The molecule has 3 heterocycles. The van der Waals surface area contributed by atoms with E-state index < -0.39 is 4.92 Å². The molecule has 0 amide bonds. The first-order valence-electron chi connectivity index (χ1n) is 5.45. The first kappa shape index (κ1) is 12.0. The number of nitrogens with zero attached hydrogens (tertiary/aromatic N) is 5. The van der Waals surface area contributed by atoms with Crippen LogP contribution in [0.3, 0.4) is 0 Å². The minimum atomic E-state index is -0.554. The van der Waals surface area contributed by atoms with Crippen molar-refractivity contribution in [3.63, 3.8) is 0 Å². The van der Waals surface area contributed by atoms with Gasteiger partial charge in [-0.3, -0.25) is 10.1 Å². The summed E-state index contributed by atoms with van der Waals surface area (Å²) in [6.07, 6.45) is 2.84. The first-order chi connectivity index (χ1) is 9.15. The predicted molar refractivity (Wildman–Crippen MR) is 64.4 cm³/mol. The number of hydrogen-bond donors (Lipinski definition) is 0. The van der Waals surface area contributed by atoms with Crippen molar-refractivity contribution in [1.29, 1.82) is 0 Å². The third kappa shape index (κ3) is 2.15. The van der Waals surface area contributed by atoms with Gasteiger partial charge < -0.3 is 4.74 Å². The highest BCUT2D eigenvalue weighted by Crippen LogP contribution is 2.25. The van der Waals surface area contributed by atoms with Crippen molar-refractivity contribution in [2.45, 2.75) is 5.92 Å². The van der Waals surface area contributed by atoms with E-state index in [2.05, 4.69) is 15.3 Å². The van der Waals surface area contributed by atoms with Crippen LogP contribution in [0, 0.1) is 10.1 Å². The summed E-state index contributed by atoms with van der Waals surface area (Å²) in [5.41, 5.74) is 0.629. The van der Waals surface area contributed by atoms with Gasteiger partial charge in [0.1, 0.15) is 6.20 Å². The molecule has 19 heavy (non-hydrogen) atoms. The maximum Gasteiger partial charge on any atom is 0.289 e. The average molecular weight is 282 g/mol. The summed E-state index contributed by atoms with van der Waals surface area (Å²) in [4.78, 5) is 14.0. The summed E-state index contributed by atoms with van der Waals surface area (Å²) in [5.74, 6) is 0.553. The molecular weight excluding hydrogens is 274 g/mol. The Morgan fingerprint density at radius 3 is 2.89 bits per heavy atom. The van der Waals surface area contributed by atoms with E-state index in [1.54, 1.807) is 6.20 Å². The van der Waals surface area contributed by atoms with Crippen LogP contribution >= 0.6 is 11.6 Å². The molecule has 9 heteroatoms. The van der Waals surface area contributed by atoms with Crippen LogP contribution in [-0.4, -0.2) is 38.1 Å². The van der Waals surface area contributed by atoms with E-state index in [0.29, 0.717) is 19.0 Å². The van der Waals surface area contributed by atoms with Gasteiger partial charge >= 0.3 is 0 Å². The molecule has 0 N–H and O–H groups in total. The van der Waals surface area contributed by atoms with Crippen LogP contribution in [0.2, 0.25) is 5.02 Å². The smallest absolute Gasteiger partial charge is 0.289 e. The van der Waals surface area contributed by atoms with E-state index >= 15 is 0 Å². The van der Waals surface area contributed by atoms with Gasteiger partial charge in [0.25, 0.3) is 5.69 Å². The number of pyridine rings is 1. The van der Waals surface area contributed by atoms with E-state index in [-0.39, 0.29) is 16.6 Å². The Balaban J connectivity index is 1.93. The van der Waals surface area contributed by atoms with Gasteiger partial charge in [-0.15, -0.1) is 5.10 Å². The minimum Gasteiger partial charge on any atom is -0.380 e. The molecular formula is C10H8ClN5O3. The van der Waals surface area contributed by atoms with Crippen molar-refractivity contribution in [1.82, 2.24) is 20.0 Å². The highest BCUT2D eigenvalue weighted by molar-refractivity contribution is 6.32. The fourth-order valence-corrected chi connectivity index (χ4v) is 1.91. The molecule has 2 aromatic rings. The molecule has 0 spiro atoms. The molecule has 1 saturated heterocycles. The van der Waals surface area contributed by atoms with E-state index in [9.17, 15) is 10.1 Å². The number of halogens is 1. The summed E-state index contributed by atoms with van der Waals surface area (Å²) >= 11 is 5.96. The molecule has 0 aromatic carbocycles. The van der Waals surface area contributed by atoms with Crippen molar-refractivity contribution in [2.75, 3.05) is 13.2 Å². The van der Waals surface area contributed by atoms with E-state index in [4.69, 9.17) is 16.3 Å². The lowest BCUT2D eigenvalue weighted by Crippen LogP contribution is -2.25. The highest BCUT2D eigenvalue weighted by atomic mass is 35.5. The van der Waals surface area contributed by atoms with Crippen LogP contribution in [0.1, 0.15) is 11.6 Å². The Morgan fingerprint density at radius 2 is 2.32 bits per heavy atom. The van der Waals surface area contributed by atoms with Gasteiger partial charge in [-0.2, -0.15) is 0 Å². The Hall–Kier alpha value is -2.06. The minimum absolute atomic E-state index is 0.149. The third-order valence-electron chi connectivity index (χ3n) is 2.80. The quantitative estimate of drug-likeness (QED) is 0.622. The van der Waals surface area contributed by atoms with Gasteiger partial charge in [0, 0.05) is 6.07 Å². The lowest BCUT2D eigenvalue weighted by Gasteiger charge is -2.23. The Bertz CT molecular complexity index is 640. The fourth-order valence-electron chi connectivity index (χ4n) is 1.66. The standard InChI is InChI=1S/C10H8ClN5O3/c11-8-1-7(16(17)18)2-12-10(8)15-3-9(13-14-15)6-4-19-5-6/h1-3,6H,4-5H2. The summed E-state index contributed by atoms with van der Waals surface area (Å²) in [5, 5.41) is 18.7. The zero-order valence-electron chi connectivity index (χ0n) is 9.56. The Labute approximate surface area is 112 Å². The Kier molecular flexibility index (Phi) is 2.88. The highest BCUT2D eigenvalue weighted by Gasteiger charge is 2.24. The van der Waals surface area contributed by atoms with E-state index in [1.165, 1.54) is 10.7 Å². The van der Waals surface area contributed by atoms with Crippen molar-refractivity contribution in [3.8, 4) is 5.82 Å². The van der Waals surface area contributed by atoms with Crippen LogP contribution in [0.25, 0.3) is 5.82 Å². The second-order valence-electron chi connectivity index (χ2n) is 4.08. The topological polar surface area (TPSA) is 96.0 Å². The zero-order valence-corrected chi connectivity index (χ0v) is 10.3. The van der Waals surface area contributed by atoms with Gasteiger partial charge in [-0.1, -0.05) is 16.8 Å². The molecule has 0 bridgehead atoms. The van der Waals surface area contributed by atoms with Gasteiger partial charge in [-0.25, -0.2) is 9.67 Å². The second-order valence-corrected chi connectivity index (χ2v) is 4.49. The normalized spacial score (nSPS) is 15.2. The molecule has 0 saturated carbocycles. The van der Waals surface area contributed by atoms with Crippen LogP contribution in [0.15, 0.2) is 18.5 Å². The number of nitro groups is 1. The largest absolute Gasteiger partial charge is 0.380 e. The number of hydrogen-bond acceptors (Lipinski definition) is 6. The lowest BCUT2D eigenvalue weighted by atomic mass is 10.1. The molecule has 1 aliphatic rings. The molecule has 0 aliphatic carbocycles. The van der Waals surface area contributed by atoms with Crippen LogP contribution in [0.4, 0.5) is 5.69 Å². The monoisotopic (exact) mass is 281 g/mol. The molecule has 0 atom stereocenters. The lowest BCUT2D eigenvalue weighted by molar-refractivity contribution is -0.385. The SMILES string of the molecule is O=[N+]([O-])c1cnc(-n2cc(C3COC3)nn2)c(Cl)c1. The summed E-state index contributed by atoms with van der Waals surface area (Å²) < 4.78 is 6.48. The number of ether oxygens (including phenoxy) is 1. The van der Waals surface area contributed by atoms with Crippen LogP contribution in [-0.2, 0) is 4.74 Å². The van der Waals surface area contributed by atoms with E-state index in [1.807, 2.05) is 0 Å². The van der Waals surface area contributed by atoms with Crippen molar-refractivity contribution in [2.24, 2.45) is 0 Å². The number of aromatic nitrogens is 4. The molecule has 1 aliphatic heterocycles. The summed E-state index contributed by atoms with van der Waals surface area (Å²) in [6, 6.07) is 1.23. The fraction of sp³-hybridized carbons (Fsp3) is 0.300. The van der Waals surface area contributed by atoms with Crippen molar-refractivity contribution < 1.29 is 9.66 Å². The Morgan fingerprint density at radius 1 is 1.53 bits per heavy atom. The maximum absolute atomic E-state index is 10.6. The molecule has 98 valence electrons. The van der Waals surface area contributed by atoms with Gasteiger partial charge in [0.2, 0.25) is 0 Å². The summed E-state index contributed by atoms with van der Waals surface area (Å²) in [6.45, 7) is 1.25. The molecule has 0 radical (unpaired) electrons. The average Bonchev–Trinajstić information content (AvgIpc) is 2.75. The third-order valence-corrected chi connectivity index (χ3v) is 3.08. The summed E-state index contributed by atoms with van der Waals surface area (Å²) in [7, 11) is 0.